The third-order valence-electron chi connectivity index (χ3n) is 2.82. The molecule has 126 valence electrons. The van der Waals surface area contributed by atoms with Gasteiger partial charge < -0.3 is 15.4 Å². The number of ether oxygens (including phenoxy) is 1. The average molecular weight is 352 g/mol. The number of hydrogen-bond acceptors (Lipinski definition) is 5. The van der Waals surface area contributed by atoms with E-state index < -0.39 is 10.0 Å². The van der Waals surface area contributed by atoms with E-state index in [2.05, 4.69) is 15.4 Å². The van der Waals surface area contributed by atoms with E-state index in [-0.39, 0.29) is 34.5 Å². The smallest absolute Gasteiger partial charge is 0.251 e. The van der Waals surface area contributed by atoms with Gasteiger partial charge in [0.2, 0.25) is 10.0 Å². The van der Waals surface area contributed by atoms with Gasteiger partial charge in [0.25, 0.3) is 5.91 Å². The van der Waals surface area contributed by atoms with Crippen molar-refractivity contribution >= 4 is 28.3 Å². The van der Waals surface area contributed by atoms with Gasteiger partial charge in [0.05, 0.1) is 7.11 Å². The molecule has 0 fully saturated rings. The fraction of sp³-hybridized carbons (Fsp3) is 0.462. The molecule has 0 aliphatic carbocycles. The zero-order valence-electron chi connectivity index (χ0n) is 12.8. The molecule has 1 aromatic carbocycles. The molecule has 0 aromatic heterocycles. The topological polar surface area (TPSA) is 96.5 Å². The maximum Gasteiger partial charge on any atom is 0.251 e. The number of halogens is 1. The Kier molecular flexibility index (Phi) is 9.03. The molecular formula is C13H22ClN3O4S. The van der Waals surface area contributed by atoms with Crippen molar-refractivity contribution < 1.29 is 17.9 Å². The molecule has 0 saturated heterocycles. The first-order valence-electron chi connectivity index (χ1n) is 6.56. The van der Waals surface area contributed by atoms with Crippen LogP contribution in [-0.4, -0.2) is 48.1 Å². The Morgan fingerprint density at radius 1 is 1.27 bits per heavy atom. The van der Waals surface area contributed by atoms with Crippen LogP contribution >= 0.6 is 12.4 Å². The van der Waals surface area contributed by atoms with E-state index in [4.69, 9.17) is 4.74 Å². The highest BCUT2D eigenvalue weighted by molar-refractivity contribution is 7.89. The van der Waals surface area contributed by atoms with Crippen LogP contribution in [0.1, 0.15) is 17.3 Å². The molecule has 1 aromatic rings. The Morgan fingerprint density at radius 2 is 1.95 bits per heavy atom. The summed E-state index contributed by atoms with van der Waals surface area (Å²) in [5, 5.41) is 5.79. The maximum absolute atomic E-state index is 12.0. The molecule has 1 rings (SSSR count). The number of hydrogen-bond donors (Lipinski definition) is 3. The van der Waals surface area contributed by atoms with Crippen molar-refractivity contribution in [3.8, 4) is 5.75 Å². The van der Waals surface area contributed by atoms with Gasteiger partial charge in [0.15, 0.2) is 0 Å². The van der Waals surface area contributed by atoms with Gasteiger partial charge in [-0.3, -0.25) is 4.79 Å². The predicted molar refractivity (Wildman–Crippen MR) is 87.4 cm³/mol. The van der Waals surface area contributed by atoms with E-state index in [1.54, 1.807) is 0 Å². The standard InChI is InChI=1S/C13H21N3O4S.ClH/c1-4-15-7-8-16-13(17)10-5-6-11(20-3)12(9-10)21(18,19)14-2;/h5-6,9,14-15H,4,7-8H2,1-3H3,(H,16,17);1H. The molecule has 1 amide bonds. The minimum Gasteiger partial charge on any atom is -0.495 e. The molecular weight excluding hydrogens is 330 g/mol. The molecule has 0 atom stereocenters. The summed E-state index contributed by atoms with van der Waals surface area (Å²) in [5.41, 5.74) is 0.265. The molecule has 0 spiro atoms. The van der Waals surface area contributed by atoms with Crippen LogP contribution in [0.2, 0.25) is 0 Å². The first-order chi connectivity index (χ1) is 9.96. The van der Waals surface area contributed by atoms with E-state index in [1.165, 1.54) is 32.4 Å². The van der Waals surface area contributed by atoms with Crippen molar-refractivity contribution in [3.05, 3.63) is 23.8 Å². The highest BCUT2D eigenvalue weighted by atomic mass is 35.5. The summed E-state index contributed by atoms with van der Waals surface area (Å²) in [6.45, 7) is 3.91. The highest BCUT2D eigenvalue weighted by Crippen LogP contribution is 2.24. The molecule has 0 heterocycles. The highest BCUT2D eigenvalue weighted by Gasteiger charge is 2.19. The van der Waals surface area contributed by atoms with Crippen molar-refractivity contribution in [2.24, 2.45) is 0 Å². The fourth-order valence-electron chi connectivity index (χ4n) is 1.68. The van der Waals surface area contributed by atoms with Crippen LogP contribution in [-0.2, 0) is 10.0 Å². The normalized spacial score (nSPS) is 10.7. The number of nitrogens with one attached hydrogen (secondary N) is 3. The van der Waals surface area contributed by atoms with Gasteiger partial charge in [-0.05, 0) is 31.8 Å². The second kappa shape index (κ2) is 9.62. The molecule has 22 heavy (non-hydrogen) atoms. The van der Waals surface area contributed by atoms with Gasteiger partial charge in [-0.25, -0.2) is 13.1 Å². The molecule has 7 nitrogen and oxygen atoms in total. The van der Waals surface area contributed by atoms with Gasteiger partial charge in [-0.2, -0.15) is 0 Å². The molecule has 0 unspecified atom stereocenters. The molecule has 3 N–H and O–H groups in total. The summed E-state index contributed by atoms with van der Waals surface area (Å²) in [7, 11) is -1.01. The molecule has 9 heteroatoms. The lowest BCUT2D eigenvalue weighted by Gasteiger charge is -2.11. The summed E-state index contributed by atoms with van der Waals surface area (Å²) in [6.07, 6.45) is 0. The van der Waals surface area contributed by atoms with Crippen molar-refractivity contribution in [1.29, 1.82) is 0 Å². The lowest BCUT2D eigenvalue weighted by Crippen LogP contribution is -2.32. The van der Waals surface area contributed by atoms with Crippen LogP contribution in [0.3, 0.4) is 0 Å². The van der Waals surface area contributed by atoms with Crippen LogP contribution in [0.4, 0.5) is 0 Å². The summed E-state index contributed by atoms with van der Waals surface area (Å²) in [5.74, 6) is -0.142. The molecule has 0 aliphatic heterocycles. The number of rotatable bonds is 8. The van der Waals surface area contributed by atoms with Crippen LogP contribution in [0.15, 0.2) is 23.1 Å². The number of benzene rings is 1. The SMILES string of the molecule is CCNCCNC(=O)c1ccc(OC)c(S(=O)(=O)NC)c1.Cl. The number of likely N-dealkylation sites (N-methyl/N-ethyl adjacent to an activating group) is 1. The fourth-order valence-corrected chi connectivity index (χ4v) is 2.60. The van der Waals surface area contributed by atoms with Crippen LogP contribution in [0.5, 0.6) is 5.75 Å². The molecule has 0 radical (unpaired) electrons. The zero-order chi connectivity index (χ0) is 15.9. The van der Waals surface area contributed by atoms with Gasteiger partial charge in [0.1, 0.15) is 10.6 Å². The third kappa shape index (κ3) is 5.45. The minimum absolute atomic E-state index is 0. The number of sulfonamides is 1. The van der Waals surface area contributed by atoms with E-state index in [0.29, 0.717) is 13.1 Å². The number of carbonyl (C=O) groups excluding carboxylic acids is 1. The first-order valence-corrected chi connectivity index (χ1v) is 8.05. The number of carbonyl (C=O) groups is 1. The van der Waals surface area contributed by atoms with Gasteiger partial charge in [-0.1, -0.05) is 6.92 Å². The molecule has 0 aliphatic rings. The predicted octanol–water partition coefficient (Wildman–Crippen LogP) is 0.364. The summed E-state index contributed by atoms with van der Waals surface area (Å²) < 4.78 is 31.1. The lowest BCUT2D eigenvalue weighted by molar-refractivity contribution is 0.0953. The Labute approximate surface area is 137 Å². The summed E-state index contributed by atoms with van der Waals surface area (Å²) >= 11 is 0. The first kappa shape index (κ1) is 20.6. The van der Waals surface area contributed by atoms with Crippen molar-refractivity contribution in [2.45, 2.75) is 11.8 Å². The monoisotopic (exact) mass is 351 g/mol. The van der Waals surface area contributed by atoms with E-state index in [9.17, 15) is 13.2 Å². The maximum atomic E-state index is 12.0. The Balaban J connectivity index is 0.00000441. The lowest BCUT2D eigenvalue weighted by atomic mass is 10.2. The number of methoxy groups -OCH3 is 1. The minimum atomic E-state index is -3.69. The third-order valence-corrected chi connectivity index (χ3v) is 4.26. The molecule has 0 bridgehead atoms. The van der Waals surface area contributed by atoms with Crippen LogP contribution in [0.25, 0.3) is 0 Å². The molecule has 0 saturated carbocycles. The Bertz CT molecular complexity index is 593. The average Bonchev–Trinajstić information content (AvgIpc) is 2.50. The quantitative estimate of drug-likeness (QED) is 0.588. The van der Waals surface area contributed by atoms with Gasteiger partial charge in [0, 0.05) is 18.7 Å². The second-order valence-electron chi connectivity index (χ2n) is 4.18. The zero-order valence-corrected chi connectivity index (χ0v) is 14.4. The second-order valence-corrected chi connectivity index (χ2v) is 6.04. The van der Waals surface area contributed by atoms with Gasteiger partial charge >= 0.3 is 0 Å². The summed E-state index contributed by atoms with van der Waals surface area (Å²) in [6, 6.07) is 4.28. The van der Waals surface area contributed by atoms with Crippen molar-refractivity contribution in [1.82, 2.24) is 15.4 Å². The van der Waals surface area contributed by atoms with Crippen molar-refractivity contribution in [2.75, 3.05) is 33.8 Å². The Morgan fingerprint density at radius 3 is 2.50 bits per heavy atom. The van der Waals surface area contributed by atoms with Crippen LogP contribution in [0, 0.1) is 0 Å². The van der Waals surface area contributed by atoms with Crippen molar-refractivity contribution in [3.63, 3.8) is 0 Å². The Hall–Kier alpha value is -1.35. The summed E-state index contributed by atoms with van der Waals surface area (Å²) in [4.78, 5) is 11.9. The number of amides is 1. The van der Waals surface area contributed by atoms with E-state index >= 15 is 0 Å². The largest absolute Gasteiger partial charge is 0.495 e. The van der Waals surface area contributed by atoms with Gasteiger partial charge in [-0.15, -0.1) is 12.4 Å². The van der Waals surface area contributed by atoms with E-state index in [0.717, 1.165) is 6.54 Å². The van der Waals surface area contributed by atoms with Crippen LogP contribution < -0.4 is 20.1 Å². The van der Waals surface area contributed by atoms with E-state index in [1.807, 2.05) is 6.92 Å².